The lowest BCUT2D eigenvalue weighted by molar-refractivity contribution is 0.0825. The van der Waals surface area contributed by atoms with Gasteiger partial charge in [0.05, 0.1) is 35.4 Å². The van der Waals surface area contributed by atoms with Crippen molar-refractivity contribution in [2.75, 3.05) is 62.3 Å². The number of benzene rings is 4. The molecular weight excluding hydrogens is 733 g/mol. The number of alkyl carbamates (subject to hydrolysis) is 1. The van der Waals surface area contributed by atoms with Gasteiger partial charge in [-0.2, -0.15) is 0 Å². The predicted molar refractivity (Wildman–Crippen MR) is 226 cm³/mol. The number of rotatable bonds is 8. The van der Waals surface area contributed by atoms with E-state index in [0.717, 1.165) is 90.0 Å². The average molecular weight is 783 g/mol. The van der Waals surface area contributed by atoms with E-state index in [1.54, 1.807) is 24.3 Å². The van der Waals surface area contributed by atoms with Crippen LogP contribution in [0.1, 0.15) is 30.4 Å². The Balaban J connectivity index is 0.000000168. The number of phenols is 2. The summed E-state index contributed by atoms with van der Waals surface area (Å²) in [6.07, 6.45) is 2.25. The second kappa shape index (κ2) is 17.2. The normalized spacial score (nSPS) is 19.1. The minimum absolute atomic E-state index is 0.145. The van der Waals surface area contributed by atoms with Gasteiger partial charge in [0.15, 0.2) is 11.6 Å². The standard InChI is InChI=1S/C25H28N4O4.C20H22N4O/c1-16-6-7-19-21(12-16)27-23(20-4-2-3-5-22(20)30)28-24(19)29-10-8-17(14-29)13-26-25(31)33-18-9-11-32-15-18;1-13-6-7-15-17(10-13)22-19(16-4-2-3-5-18(16)25)23-20(15)24-9-8-14(11-21)12-24/h2-7,12,17-18,30H,8-11,13-15H2,1H3,(H,26,31);2-7,10,14,25H,8-9,11-12,21H2,1H3/t17-,18-;14-/m00/s1. The quantitative estimate of drug-likeness (QED) is 0.128. The number of phenolic OH excluding ortho intramolecular Hbond substituents is 2. The highest BCUT2D eigenvalue weighted by Crippen LogP contribution is 2.35. The van der Waals surface area contributed by atoms with Crippen LogP contribution in [0.4, 0.5) is 16.4 Å². The van der Waals surface area contributed by atoms with E-state index < -0.39 is 0 Å². The zero-order chi connectivity index (χ0) is 40.2. The van der Waals surface area contributed by atoms with Crippen molar-refractivity contribution in [2.45, 2.75) is 39.2 Å². The Labute approximate surface area is 337 Å². The molecule has 0 bridgehead atoms. The van der Waals surface area contributed by atoms with E-state index in [9.17, 15) is 15.0 Å². The Hall–Kier alpha value is -6.05. The van der Waals surface area contributed by atoms with Gasteiger partial charge in [0.1, 0.15) is 29.2 Å². The average Bonchev–Trinajstić information content (AvgIpc) is 4.03. The van der Waals surface area contributed by atoms with Gasteiger partial charge in [0.2, 0.25) is 0 Å². The monoisotopic (exact) mass is 782 g/mol. The van der Waals surface area contributed by atoms with E-state index in [2.05, 4.69) is 52.4 Å². The summed E-state index contributed by atoms with van der Waals surface area (Å²) < 4.78 is 10.6. The number of amides is 1. The summed E-state index contributed by atoms with van der Waals surface area (Å²) in [5.74, 6) is 4.00. The Morgan fingerprint density at radius 2 is 1.29 bits per heavy atom. The summed E-state index contributed by atoms with van der Waals surface area (Å²) in [6.45, 7) is 9.93. The molecular formula is C45H50N8O5. The molecule has 58 heavy (non-hydrogen) atoms. The Bertz CT molecular complexity index is 2420. The fourth-order valence-corrected chi connectivity index (χ4v) is 7.93. The molecule has 300 valence electrons. The lowest BCUT2D eigenvalue weighted by Crippen LogP contribution is -2.34. The van der Waals surface area contributed by atoms with Crippen LogP contribution < -0.4 is 20.9 Å². The van der Waals surface area contributed by atoms with Crippen LogP contribution in [0.5, 0.6) is 11.5 Å². The molecule has 5 heterocycles. The number of carbonyl (C=O) groups is 1. The van der Waals surface area contributed by atoms with Crippen molar-refractivity contribution < 1.29 is 24.5 Å². The fraction of sp³-hybridized carbons (Fsp3) is 0.356. The summed E-state index contributed by atoms with van der Waals surface area (Å²) >= 11 is 0. The zero-order valence-corrected chi connectivity index (χ0v) is 33.0. The molecule has 3 saturated heterocycles. The third kappa shape index (κ3) is 8.60. The molecule has 4 aromatic carbocycles. The molecule has 5 N–H and O–H groups in total. The first-order chi connectivity index (χ1) is 28.2. The third-order valence-electron chi connectivity index (χ3n) is 11.2. The van der Waals surface area contributed by atoms with Crippen LogP contribution in [-0.2, 0) is 9.47 Å². The molecule has 3 aliphatic heterocycles. The number of para-hydroxylation sites is 2. The maximum atomic E-state index is 12.1. The topological polar surface area (TPSA) is 172 Å². The van der Waals surface area contributed by atoms with Gasteiger partial charge in [-0.3, -0.25) is 0 Å². The number of fused-ring (bicyclic) bond motifs is 2. The maximum absolute atomic E-state index is 12.1. The minimum atomic E-state index is -0.381. The van der Waals surface area contributed by atoms with E-state index in [4.69, 9.17) is 35.1 Å². The molecule has 9 rings (SSSR count). The van der Waals surface area contributed by atoms with E-state index >= 15 is 0 Å². The van der Waals surface area contributed by atoms with Crippen LogP contribution in [0.15, 0.2) is 84.9 Å². The lowest BCUT2D eigenvalue weighted by atomic mass is 10.1. The highest BCUT2D eigenvalue weighted by atomic mass is 16.6. The summed E-state index contributed by atoms with van der Waals surface area (Å²) in [5.41, 5.74) is 11.1. The van der Waals surface area contributed by atoms with Gasteiger partial charge in [-0.25, -0.2) is 24.7 Å². The Morgan fingerprint density at radius 1 is 0.759 bits per heavy atom. The molecule has 13 heteroatoms. The maximum Gasteiger partial charge on any atom is 0.407 e. The van der Waals surface area contributed by atoms with Gasteiger partial charge in [0.25, 0.3) is 0 Å². The Kier molecular flexibility index (Phi) is 11.5. The molecule has 1 amide bonds. The van der Waals surface area contributed by atoms with Crippen LogP contribution in [0.25, 0.3) is 44.6 Å². The van der Waals surface area contributed by atoms with Crippen LogP contribution >= 0.6 is 0 Å². The molecule has 0 saturated carbocycles. The fourth-order valence-electron chi connectivity index (χ4n) is 7.93. The first kappa shape index (κ1) is 38.8. The number of nitrogens with one attached hydrogen (secondary N) is 1. The molecule has 0 unspecified atom stereocenters. The first-order valence-corrected chi connectivity index (χ1v) is 20.1. The molecule has 2 aromatic heterocycles. The van der Waals surface area contributed by atoms with Crippen molar-refractivity contribution >= 4 is 39.5 Å². The molecule has 0 radical (unpaired) electrons. The summed E-state index contributed by atoms with van der Waals surface area (Å²) in [7, 11) is 0. The largest absolute Gasteiger partial charge is 0.507 e. The number of hydrogen-bond donors (Lipinski definition) is 4. The molecule has 0 spiro atoms. The molecule has 3 fully saturated rings. The Morgan fingerprint density at radius 3 is 1.79 bits per heavy atom. The van der Waals surface area contributed by atoms with Crippen molar-refractivity contribution in [1.82, 2.24) is 25.3 Å². The van der Waals surface area contributed by atoms with E-state index in [1.807, 2.05) is 37.3 Å². The van der Waals surface area contributed by atoms with Crippen LogP contribution in [0.2, 0.25) is 0 Å². The van der Waals surface area contributed by atoms with Crippen molar-refractivity contribution in [3.63, 3.8) is 0 Å². The van der Waals surface area contributed by atoms with Gasteiger partial charge >= 0.3 is 6.09 Å². The lowest BCUT2D eigenvalue weighted by Gasteiger charge is -2.21. The molecule has 13 nitrogen and oxygen atoms in total. The summed E-state index contributed by atoms with van der Waals surface area (Å²) in [4.78, 5) is 35.8. The third-order valence-corrected chi connectivity index (χ3v) is 11.2. The minimum Gasteiger partial charge on any atom is -0.507 e. The van der Waals surface area contributed by atoms with Crippen molar-refractivity contribution in [1.29, 1.82) is 0 Å². The highest BCUT2D eigenvalue weighted by molar-refractivity contribution is 5.93. The van der Waals surface area contributed by atoms with E-state index in [-0.39, 0.29) is 23.7 Å². The predicted octanol–water partition coefficient (Wildman–Crippen LogP) is 6.75. The van der Waals surface area contributed by atoms with Crippen molar-refractivity contribution in [2.24, 2.45) is 17.6 Å². The van der Waals surface area contributed by atoms with Gasteiger partial charge in [0, 0.05) is 49.9 Å². The summed E-state index contributed by atoms with van der Waals surface area (Å²) in [5, 5.41) is 25.5. The number of nitrogens with zero attached hydrogens (tertiary/aromatic N) is 6. The van der Waals surface area contributed by atoms with Crippen molar-refractivity contribution in [3.8, 4) is 34.3 Å². The number of anilines is 2. The summed E-state index contributed by atoms with van der Waals surface area (Å²) in [6, 6.07) is 26.7. The van der Waals surface area contributed by atoms with Crippen LogP contribution in [0.3, 0.4) is 0 Å². The van der Waals surface area contributed by atoms with Crippen molar-refractivity contribution in [3.05, 3.63) is 96.1 Å². The highest BCUT2D eigenvalue weighted by Gasteiger charge is 2.28. The molecule has 0 aliphatic carbocycles. The number of nitrogens with two attached hydrogens (primary N) is 1. The molecule has 3 atom stereocenters. The molecule has 3 aliphatic rings. The number of aromatic nitrogens is 4. The zero-order valence-electron chi connectivity index (χ0n) is 33.0. The van der Waals surface area contributed by atoms with E-state index in [1.165, 1.54) is 0 Å². The second-order valence-electron chi connectivity index (χ2n) is 15.5. The van der Waals surface area contributed by atoms with Gasteiger partial charge < -0.3 is 40.5 Å². The number of carbonyl (C=O) groups excluding carboxylic acids is 1. The number of aromatic hydroxyl groups is 2. The number of aryl methyl sites for hydroxylation is 2. The number of hydrogen-bond acceptors (Lipinski definition) is 12. The molecule has 6 aromatic rings. The smallest absolute Gasteiger partial charge is 0.407 e. The second-order valence-corrected chi connectivity index (χ2v) is 15.5. The SMILES string of the molecule is Cc1ccc2c(N3CC[C@@H](CN)C3)nc(-c3ccccc3O)nc2c1.Cc1ccc2c(N3CC[C@@H](CNC(=O)O[C@H]4CCOC4)C3)nc(-c3ccccc3O)nc2c1. The van der Waals surface area contributed by atoms with E-state index in [0.29, 0.717) is 60.9 Å². The van der Waals surface area contributed by atoms with Gasteiger partial charge in [-0.05, 0) is 105 Å². The first-order valence-electron chi connectivity index (χ1n) is 20.1. The number of ether oxygens (including phenoxy) is 2. The van der Waals surface area contributed by atoms with Crippen LogP contribution in [0, 0.1) is 25.7 Å². The van der Waals surface area contributed by atoms with Gasteiger partial charge in [-0.1, -0.05) is 36.4 Å². The van der Waals surface area contributed by atoms with Crippen LogP contribution in [-0.4, -0.2) is 94.8 Å². The van der Waals surface area contributed by atoms with Gasteiger partial charge in [-0.15, -0.1) is 0 Å².